The smallest absolute Gasteiger partial charge is 0.120 e. The highest BCUT2D eigenvalue weighted by Gasteiger charge is 2.06. The maximum Gasteiger partial charge on any atom is 0.120 e. The van der Waals surface area contributed by atoms with Crippen molar-refractivity contribution in [2.75, 3.05) is 0 Å². The number of para-hydroxylation sites is 6. The van der Waals surface area contributed by atoms with Crippen molar-refractivity contribution in [1.29, 1.82) is 0 Å². The van der Waals surface area contributed by atoms with Gasteiger partial charge in [0, 0.05) is 11.1 Å². The molecule has 2 heterocycles. The van der Waals surface area contributed by atoms with Crippen LogP contribution >= 0.6 is 0 Å². The predicted octanol–water partition coefficient (Wildman–Crippen LogP) is 7.27. The number of fused-ring (bicyclic) bond motifs is 2. The van der Waals surface area contributed by atoms with Crippen LogP contribution in [0.15, 0.2) is 146 Å². The van der Waals surface area contributed by atoms with E-state index in [-0.39, 0.29) is 0 Å². The van der Waals surface area contributed by atoms with E-state index in [9.17, 15) is 10.2 Å². The Balaban J connectivity index is 0.000000134. The average Bonchev–Trinajstić information content (AvgIpc) is 3.61. The minimum atomic E-state index is 0.324. The van der Waals surface area contributed by atoms with Crippen LogP contribution in [0.2, 0.25) is 0 Å². The second-order valence-corrected chi connectivity index (χ2v) is 9.13. The molecule has 0 radical (unpaired) electrons. The van der Waals surface area contributed by atoms with E-state index in [0.717, 1.165) is 33.2 Å². The molecule has 7 rings (SSSR count). The molecule has 5 aromatic carbocycles. The maximum absolute atomic E-state index is 9.75. The first-order valence-corrected chi connectivity index (χ1v) is 13.0. The number of hydrogen-bond donors (Lipinski definition) is 2. The monoisotopic (exact) mass is 526 g/mol. The zero-order valence-electron chi connectivity index (χ0n) is 22.0. The van der Waals surface area contributed by atoms with E-state index in [0.29, 0.717) is 24.6 Å². The standard InChI is InChI=1S/2C14H12N2O.C6H6/c2*17-14-8-4-1-5-11(14)9-16-10-15-12-6-2-3-7-13(12)16;1-2-4-6-5-3-1/h2*1-8,10,17H,9H2;1-6H. The number of phenols is 2. The van der Waals surface area contributed by atoms with E-state index >= 15 is 0 Å². The van der Waals surface area contributed by atoms with Gasteiger partial charge in [0.15, 0.2) is 0 Å². The molecule has 0 amide bonds. The van der Waals surface area contributed by atoms with Gasteiger partial charge in [0.25, 0.3) is 0 Å². The highest BCUT2D eigenvalue weighted by atomic mass is 16.3. The third-order valence-electron chi connectivity index (χ3n) is 6.39. The van der Waals surface area contributed by atoms with Gasteiger partial charge < -0.3 is 19.3 Å². The average molecular weight is 527 g/mol. The molecule has 0 aliphatic carbocycles. The summed E-state index contributed by atoms with van der Waals surface area (Å²) in [6.45, 7) is 1.26. The summed E-state index contributed by atoms with van der Waals surface area (Å²) in [5.74, 6) is 0.649. The van der Waals surface area contributed by atoms with Gasteiger partial charge in [0.1, 0.15) is 11.5 Å². The summed E-state index contributed by atoms with van der Waals surface area (Å²) in [5.41, 5.74) is 5.91. The number of phenolic OH excluding ortho intramolecular Hbond substituents is 2. The molecule has 6 nitrogen and oxygen atoms in total. The molecule has 2 aromatic heterocycles. The molecule has 0 aliphatic heterocycles. The van der Waals surface area contributed by atoms with Crippen LogP contribution in [0.4, 0.5) is 0 Å². The number of benzene rings is 5. The lowest BCUT2D eigenvalue weighted by Gasteiger charge is -2.06. The zero-order valence-corrected chi connectivity index (χ0v) is 22.0. The fourth-order valence-corrected chi connectivity index (χ4v) is 4.31. The van der Waals surface area contributed by atoms with Crippen molar-refractivity contribution in [3.63, 3.8) is 0 Å². The summed E-state index contributed by atoms with van der Waals surface area (Å²) >= 11 is 0. The molecule has 2 N–H and O–H groups in total. The Hall–Kier alpha value is -5.36. The van der Waals surface area contributed by atoms with E-state index in [2.05, 4.69) is 9.97 Å². The van der Waals surface area contributed by atoms with Gasteiger partial charge >= 0.3 is 0 Å². The molecule has 0 saturated heterocycles. The number of imidazole rings is 2. The maximum atomic E-state index is 9.75. The fourth-order valence-electron chi connectivity index (χ4n) is 4.31. The number of rotatable bonds is 4. The normalized spacial score (nSPS) is 10.4. The van der Waals surface area contributed by atoms with Gasteiger partial charge in [0.2, 0.25) is 0 Å². The molecule has 6 heteroatoms. The topological polar surface area (TPSA) is 76.1 Å². The van der Waals surface area contributed by atoms with Gasteiger partial charge in [-0.2, -0.15) is 0 Å². The lowest BCUT2D eigenvalue weighted by molar-refractivity contribution is 0.466. The van der Waals surface area contributed by atoms with Gasteiger partial charge in [-0.15, -0.1) is 0 Å². The number of hydrogen-bond acceptors (Lipinski definition) is 4. The van der Waals surface area contributed by atoms with Crippen molar-refractivity contribution < 1.29 is 10.2 Å². The molecule has 0 unspecified atom stereocenters. The minimum absolute atomic E-state index is 0.324. The Morgan fingerprint density at radius 1 is 0.425 bits per heavy atom. The summed E-state index contributed by atoms with van der Waals surface area (Å²) in [6, 6.07) is 42.7. The zero-order chi connectivity index (χ0) is 27.6. The van der Waals surface area contributed by atoms with E-state index in [4.69, 9.17) is 0 Å². The summed E-state index contributed by atoms with van der Waals surface area (Å²) in [6.07, 6.45) is 3.61. The largest absolute Gasteiger partial charge is 0.508 e. The van der Waals surface area contributed by atoms with Crippen LogP contribution in [0.3, 0.4) is 0 Å². The first-order valence-electron chi connectivity index (χ1n) is 13.0. The van der Waals surface area contributed by atoms with E-state index < -0.39 is 0 Å². The molecular formula is C34H30N4O2. The fraction of sp³-hybridized carbons (Fsp3) is 0.0588. The molecule has 0 fully saturated rings. The molecule has 0 saturated carbocycles. The molecule has 0 spiro atoms. The van der Waals surface area contributed by atoms with Gasteiger partial charge in [-0.25, -0.2) is 9.97 Å². The van der Waals surface area contributed by atoms with Gasteiger partial charge in [-0.1, -0.05) is 97.1 Å². The van der Waals surface area contributed by atoms with Gasteiger partial charge in [-0.05, 0) is 36.4 Å². The summed E-state index contributed by atoms with van der Waals surface area (Å²) < 4.78 is 4.06. The first kappa shape index (κ1) is 26.3. The van der Waals surface area contributed by atoms with Crippen LogP contribution < -0.4 is 0 Å². The lowest BCUT2D eigenvalue weighted by Crippen LogP contribution is -1.97. The molecule has 0 aliphatic rings. The summed E-state index contributed by atoms with van der Waals surface area (Å²) in [4.78, 5) is 8.65. The molecular weight excluding hydrogens is 496 g/mol. The summed E-state index contributed by atoms with van der Waals surface area (Å²) in [5, 5.41) is 19.5. The molecule has 0 bridgehead atoms. The SMILES string of the molecule is Oc1ccccc1Cn1cnc2ccccc21.Oc1ccccc1Cn1cnc2ccccc21.c1ccccc1. The quantitative estimate of drug-likeness (QED) is 0.253. The molecule has 40 heavy (non-hydrogen) atoms. The van der Waals surface area contributed by atoms with Crippen LogP contribution in [-0.4, -0.2) is 29.3 Å². The highest BCUT2D eigenvalue weighted by Crippen LogP contribution is 2.21. The molecule has 0 atom stereocenters. The summed E-state index contributed by atoms with van der Waals surface area (Å²) in [7, 11) is 0. The van der Waals surface area contributed by atoms with E-state index in [1.54, 1.807) is 24.8 Å². The second kappa shape index (κ2) is 12.9. The number of aromatic nitrogens is 4. The minimum Gasteiger partial charge on any atom is -0.508 e. The van der Waals surface area contributed by atoms with Crippen molar-refractivity contribution in [2.24, 2.45) is 0 Å². The van der Waals surface area contributed by atoms with Crippen molar-refractivity contribution in [3.8, 4) is 11.5 Å². The predicted molar refractivity (Wildman–Crippen MR) is 160 cm³/mol. The number of aromatic hydroxyl groups is 2. The van der Waals surface area contributed by atoms with E-state index in [1.165, 1.54) is 0 Å². The van der Waals surface area contributed by atoms with Crippen LogP contribution in [0.5, 0.6) is 11.5 Å². The Morgan fingerprint density at radius 2 is 0.775 bits per heavy atom. The Labute approximate surface area is 233 Å². The first-order chi connectivity index (χ1) is 19.7. The van der Waals surface area contributed by atoms with Gasteiger partial charge in [0.05, 0.1) is 47.8 Å². The lowest BCUT2D eigenvalue weighted by atomic mass is 10.2. The Morgan fingerprint density at radius 3 is 1.18 bits per heavy atom. The van der Waals surface area contributed by atoms with Crippen LogP contribution in [0.25, 0.3) is 22.1 Å². The third-order valence-corrected chi connectivity index (χ3v) is 6.39. The second-order valence-electron chi connectivity index (χ2n) is 9.13. The van der Waals surface area contributed by atoms with Crippen molar-refractivity contribution in [1.82, 2.24) is 19.1 Å². The molecule has 7 aromatic rings. The van der Waals surface area contributed by atoms with Gasteiger partial charge in [-0.3, -0.25) is 0 Å². The van der Waals surface area contributed by atoms with E-state index in [1.807, 2.05) is 130 Å². The highest BCUT2D eigenvalue weighted by molar-refractivity contribution is 5.75. The Bertz CT molecular complexity index is 1650. The van der Waals surface area contributed by atoms with Crippen molar-refractivity contribution in [3.05, 3.63) is 157 Å². The molecule has 198 valence electrons. The Kier molecular flexibility index (Phi) is 8.49. The van der Waals surface area contributed by atoms with Crippen molar-refractivity contribution >= 4 is 22.1 Å². The van der Waals surface area contributed by atoms with Crippen LogP contribution in [0, 0.1) is 0 Å². The number of nitrogens with zero attached hydrogens (tertiary/aromatic N) is 4. The third kappa shape index (κ3) is 6.55. The van der Waals surface area contributed by atoms with Crippen LogP contribution in [-0.2, 0) is 13.1 Å². The van der Waals surface area contributed by atoms with Crippen molar-refractivity contribution in [2.45, 2.75) is 13.1 Å². The van der Waals surface area contributed by atoms with Crippen LogP contribution in [0.1, 0.15) is 11.1 Å².